The molecule has 1 aromatic rings. The Bertz CT molecular complexity index is 551. The smallest absolute Gasteiger partial charge is 0.273 e. The normalized spacial score (nSPS) is 26.4. The summed E-state index contributed by atoms with van der Waals surface area (Å²) in [5.74, 6) is -1.72. The Kier molecular flexibility index (Phi) is 3.92. The molecule has 22 heavy (non-hydrogen) atoms. The van der Waals surface area contributed by atoms with Crippen molar-refractivity contribution in [3.05, 3.63) is 17.5 Å². The number of nitrogens with one attached hydrogen (secondary N) is 1. The van der Waals surface area contributed by atoms with Gasteiger partial charge >= 0.3 is 0 Å². The zero-order valence-electron chi connectivity index (χ0n) is 12.8. The van der Waals surface area contributed by atoms with E-state index in [0.29, 0.717) is 19.0 Å². The van der Waals surface area contributed by atoms with Gasteiger partial charge in [-0.05, 0) is 18.8 Å². The van der Waals surface area contributed by atoms with Crippen LogP contribution in [0.15, 0.2) is 10.6 Å². The second-order valence-corrected chi connectivity index (χ2v) is 6.71. The molecule has 122 valence electrons. The van der Waals surface area contributed by atoms with Gasteiger partial charge in [0.2, 0.25) is 0 Å². The number of alkyl halides is 2. The number of amides is 1. The molecule has 2 fully saturated rings. The van der Waals surface area contributed by atoms with E-state index in [2.05, 4.69) is 10.5 Å². The maximum absolute atomic E-state index is 13.1. The van der Waals surface area contributed by atoms with Crippen LogP contribution >= 0.6 is 0 Å². The van der Waals surface area contributed by atoms with Gasteiger partial charge in [-0.15, -0.1) is 0 Å². The summed E-state index contributed by atoms with van der Waals surface area (Å²) in [4.78, 5) is 13.9. The van der Waals surface area contributed by atoms with Crippen LogP contribution in [0.3, 0.4) is 0 Å². The minimum Gasteiger partial charge on any atom is -0.360 e. The molecule has 1 aliphatic carbocycles. The van der Waals surface area contributed by atoms with E-state index in [9.17, 15) is 13.6 Å². The highest BCUT2D eigenvalue weighted by molar-refractivity contribution is 5.92. The van der Waals surface area contributed by atoms with Gasteiger partial charge in [-0.2, -0.15) is 0 Å². The van der Waals surface area contributed by atoms with Crippen molar-refractivity contribution in [1.82, 2.24) is 15.4 Å². The van der Waals surface area contributed by atoms with Crippen molar-refractivity contribution in [3.63, 3.8) is 0 Å². The molecule has 0 aromatic carbocycles. The fourth-order valence-corrected chi connectivity index (χ4v) is 2.98. The summed E-state index contributed by atoms with van der Waals surface area (Å²) in [5, 5.41) is 6.69. The first-order valence-electron chi connectivity index (χ1n) is 7.69. The standard InChI is InChI=1S/C15H21F2N3O2/c1-9-6-20(8-15(2,16)17)7-12(9)18-14(21)11-5-13(22-19-11)10-3-4-10/h5,9-10,12H,3-4,6-8H2,1-2H3,(H,18,21)/t9-,12+/m0/s1. The van der Waals surface area contributed by atoms with Gasteiger partial charge in [0.05, 0.1) is 6.54 Å². The molecular weight excluding hydrogens is 292 g/mol. The minimum absolute atomic E-state index is 0.126. The van der Waals surface area contributed by atoms with E-state index in [-0.39, 0.29) is 30.1 Å². The van der Waals surface area contributed by atoms with Gasteiger partial charge in [0.25, 0.3) is 11.8 Å². The zero-order chi connectivity index (χ0) is 15.9. The van der Waals surface area contributed by atoms with Gasteiger partial charge < -0.3 is 9.84 Å². The van der Waals surface area contributed by atoms with Gasteiger partial charge in [0.1, 0.15) is 5.76 Å². The summed E-state index contributed by atoms with van der Waals surface area (Å²) < 4.78 is 31.3. The van der Waals surface area contributed by atoms with Gasteiger partial charge in [0, 0.05) is 38.0 Å². The van der Waals surface area contributed by atoms with Crippen LogP contribution in [0, 0.1) is 5.92 Å². The summed E-state index contributed by atoms with van der Waals surface area (Å²) in [6.45, 7) is 3.58. The van der Waals surface area contributed by atoms with E-state index in [1.54, 1.807) is 11.0 Å². The number of aromatic nitrogens is 1. The first-order chi connectivity index (χ1) is 10.3. The third-order valence-electron chi connectivity index (χ3n) is 4.25. The lowest BCUT2D eigenvalue weighted by Crippen LogP contribution is -2.41. The average Bonchev–Trinajstić information content (AvgIpc) is 3.03. The maximum atomic E-state index is 13.1. The van der Waals surface area contributed by atoms with Crippen molar-refractivity contribution in [2.24, 2.45) is 5.92 Å². The summed E-state index contributed by atoms with van der Waals surface area (Å²) >= 11 is 0. The molecule has 0 bridgehead atoms. The minimum atomic E-state index is -2.72. The van der Waals surface area contributed by atoms with Crippen molar-refractivity contribution in [1.29, 1.82) is 0 Å². The van der Waals surface area contributed by atoms with Crippen molar-refractivity contribution < 1.29 is 18.1 Å². The SMILES string of the molecule is C[C@H]1CN(CC(C)(F)F)C[C@H]1NC(=O)c1cc(C2CC2)on1. The summed E-state index contributed by atoms with van der Waals surface area (Å²) in [6, 6.07) is 1.54. The second-order valence-electron chi connectivity index (χ2n) is 6.71. The van der Waals surface area contributed by atoms with Crippen LogP contribution in [0.25, 0.3) is 0 Å². The Morgan fingerprint density at radius 3 is 2.86 bits per heavy atom. The lowest BCUT2D eigenvalue weighted by molar-refractivity contribution is -0.00949. The Morgan fingerprint density at radius 1 is 1.50 bits per heavy atom. The van der Waals surface area contributed by atoms with Crippen LogP contribution in [-0.4, -0.2) is 47.6 Å². The van der Waals surface area contributed by atoms with Crippen molar-refractivity contribution in [2.75, 3.05) is 19.6 Å². The van der Waals surface area contributed by atoms with E-state index in [1.807, 2.05) is 6.92 Å². The summed E-state index contributed by atoms with van der Waals surface area (Å²) in [5.41, 5.74) is 0.272. The molecule has 0 radical (unpaired) electrons. The number of rotatable bonds is 5. The number of carbonyl (C=O) groups excluding carboxylic acids is 1. The van der Waals surface area contributed by atoms with Crippen molar-refractivity contribution >= 4 is 5.91 Å². The quantitative estimate of drug-likeness (QED) is 0.906. The first kappa shape index (κ1) is 15.4. The van der Waals surface area contributed by atoms with Gasteiger partial charge in [0.15, 0.2) is 5.69 Å². The highest BCUT2D eigenvalue weighted by Gasteiger charge is 2.36. The van der Waals surface area contributed by atoms with E-state index in [0.717, 1.165) is 25.5 Å². The molecule has 1 aliphatic heterocycles. The number of nitrogens with zero attached hydrogens (tertiary/aromatic N) is 2. The second kappa shape index (κ2) is 5.61. The van der Waals surface area contributed by atoms with Gasteiger partial charge in [-0.25, -0.2) is 8.78 Å². The zero-order valence-corrected chi connectivity index (χ0v) is 12.8. The third-order valence-corrected chi connectivity index (χ3v) is 4.25. The van der Waals surface area contributed by atoms with Crippen LogP contribution in [0.4, 0.5) is 8.78 Å². The number of hydrogen-bond donors (Lipinski definition) is 1. The molecule has 2 heterocycles. The highest BCUT2D eigenvalue weighted by atomic mass is 19.3. The monoisotopic (exact) mass is 313 g/mol. The van der Waals surface area contributed by atoms with E-state index in [1.165, 1.54) is 0 Å². The van der Waals surface area contributed by atoms with Gasteiger partial charge in [-0.3, -0.25) is 9.69 Å². The molecule has 0 unspecified atom stereocenters. The Morgan fingerprint density at radius 2 is 2.23 bits per heavy atom. The third kappa shape index (κ3) is 3.63. The van der Waals surface area contributed by atoms with Crippen LogP contribution < -0.4 is 5.32 Å². The number of carbonyl (C=O) groups is 1. The molecule has 1 amide bonds. The molecule has 7 heteroatoms. The molecule has 1 N–H and O–H groups in total. The average molecular weight is 313 g/mol. The Hall–Kier alpha value is -1.50. The van der Waals surface area contributed by atoms with E-state index >= 15 is 0 Å². The summed E-state index contributed by atoms with van der Waals surface area (Å²) in [7, 11) is 0. The lowest BCUT2D eigenvalue weighted by Gasteiger charge is -2.20. The Balaban J connectivity index is 1.56. The maximum Gasteiger partial charge on any atom is 0.273 e. The number of halogens is 2. The first-order valence-corrected chi connectivity index (χ1v) is 7.69. The van der Waals surface area contributed by atoms with Crippen LogP contribution in [0.5, 0.6) is 0 Å². The molecule has 1 saturated carbocycles. The van der Waals surface area contributed by atoms with Crippen molar-refractivity contribution in [3.8, 4) is 0 Å². The molecule has 1 aromatic heterocycles. The van der Waals surface area contributed by atoms with Crippen LogP contribution in [0.2, 0.25) is 0 Å². The van der Waals surface area contributed by atoms with Crippen LogP contribution in [-0.2, 0) is 0 Å². The fraction of sp³-hybridized carbons (Fsp3) is 0.733. The van der Waals surface area contributed by atoms with Crippen LogP contribution in [0.1, 0.15) is 48.9 Å². The largest absolute Gasteiger partial charge is 0.360 e. The number of likely N-dealkylation sites (tertiary alicyclic amines) is 1. The fourth-order valence-electron chi connectivity index (χ4n) is 2.98. The molecule has 2 atom stereocenters. The predicted octanol–water partition coefficient (Wildman–Crippen LogP) is 2.26. The highest BCUT2D eigenvalue weighted by Crippen LogP contribution is 2.40. The van der Waals surface area contributed by atoms with E-state index in [4.69, 9.17) is 4.52 Å². The molecule has 0 spiro atoms. The Labute approximate surface area is 128 Å². The topological polar surface area (TPSA) is 58.4 Å². The lowest BCUT2D eigenvalue weighted by atomic mass is 10.1. The van der Waals surface area contributed by atoms with Gasteiger partial charge in [-0.1, -0.05) is 12.1 Å². The van der Waals surface area contributed by atoms with E-state index < -0.39 is 5.92 Å². The number of hydrogen-bond acceptors (Lipinski definition) is 4. The molecular formula is C15H21F2N3O2. The van der Waals surface area contributed by atoms with Crippen molar-refractivity contribution in [2.45, 2.75) is 44.6 Å². The molecule has 5 nitrogen and oxygen atoms in total. The predicted molar refractivity (Wildman–Crippen MR) is 76.0 cm³/mol. The molecule has 1 saturated heterocycles. The molecule has 2 aliphatic rings. The summed E-state index contributed by atoms with van der Waals surface area (Å²) in [6.07, 6.45) is 2.16. The molecule has 3 rings (SSSR count).